The lowest BCUT2D eigenvalue weighted by atomic mass is 9.85. The average Bonchev–Trinajstić information content (AvgIpc) is 2.26. The molecule has 96 valence electrons. The van der Waals surface area contributed by atoms with Crippen LogP contribution in [0.25, 0.3) is 0 Å². The second kappa shape index (κ2) is 5.16. The maximum atomic E-state index is 11.8. The highest BCUT2D eigenvalue weighted by Crippen LogP contribution is 2.25. The first-order valence-electron chi connectivity index (χ1n) is 6.11. The van der Waals surface area contributed by atoms with E-state index in [4.69, 9.17) is 0 Å². The van der Waals surface area contributed by atoms with Crippen molar-refractivity contribution in [3.8, 4) is 0 Å². The first-order chi connectivity index (χ1) is 8.58. The van der Waals surface area contributed by atoms with Crippen molar-refractivity contribution in [1.29, 1.82) is 0 Å². The predicted molar refractivity (Wildman–Crippen MR) is 67.5 cm³/mol. The fraction of sp³-hybridized carbons (Fsp3) is 0.462. The van der Waals surface area contributed by atoms with Crippen molar-refractivity contribution < 1.29 is 9.72 Å². The third-order valence-electron chi connectivity index (χ3n) is 3.43. The van der Waals surface area contributed by atoms with Gasteiger partial charge in [-0.2, -0.15) is 0 Å². The number of hydrogen-bond acceptors (Lipinski definition) is 3. The molecule has 0 unspecified atom stereocenters. The average molecular weight is 248 g/mol. The van der Waals surface area contributed by atoms with E-state index in [0.717, 1.165) is 0 Å². The number of nitro groups is 1. The Morgan fingerprint density at radius 3 is 2.72 bits per heavy atom. The van der Waals surface area contributed by atoms with Crippen LogP contribution < -0.4 is 5.32 Å². The highest BCUT2D eigenvalue weighted by molar-refractivity contribution is 5.94. The van der Waals surface area contributed by atoms with Crippen molar-refractivity contribution in [3.63, 3.8) is 0 Å². The Hall–Kier alpha value is -1.91. The molecule has 0 radical (unpaired) electrons. The molecule has 5 nitrogen and oxygen atoms in total. The van der Waals surface area contributed by atoms with E-state index in [0.29, 0.717) is 23.6 Å². The van der Waals surface area contributed by atoms with Crippen molar-refractivity contribution in [2.45, 2.75) is 26.2 Å². The van der Waals surface area contributed by atoms with Gasteiger partial charge in [0.05, 0.1) is 4.92 Å². The molecule has 1 aromatic carbocycles. The van der Waals surface area contributed by atoms with Gasteiger partial charge in [0.25, 0.3) is 11.6 Å². The highest BCUT2D eigenvalue weighted by atomic mass is 16.6. The number of carbonyl (C=O) groups excluding carboxylic acids is 1. The molecule has 0 bridgehead atoms. The Morgan fingerprint density at radius 2 is 2.22 bits per heavy atom. The Balaban J connectivity index is 2.01. The molecule has 1 N–H and O–H groups in total. The van der Waals surface area contributed by atoms with Crippen LogP contribution in [0.2, 0.25) is 0 Å². The van der Waals surface area contributed by atoms with Gasteiger partial charge in [-0.05, 0) is 37.8 Å². The number of amides is 1. The second-order valence-electron chi connectivity index (χ2n) is 4.77. The molecule has 5 heteroatoms. The minimum atomic E-state index is -0.439. The molecule has 0 saturated heterocycles. The van der Waals surface area contributed by atoms with E-state index in [2.05, 4.69) is 5.32 Å². The summed E-state index contributed by atoms with van der Waals surface area (Å²) in [5, 5.41) is 13.5. The van der Waals surface area contributed by atoms with Crippen LogP contribution in [0.15, 0.2) is 18.2 Å². The number of rotatable bonds is 4. The Morgan fingerprint density at radius 1 is 1.50 bits per heavy atom. The van der Waals surface area contributed by atoms with Gasteiger partial charge in [-0.25, -0.2) is 0 Å². The van der Waals surface area contributed by atoms with E-state index in [1.54, 1.807) is 13.0 Å². The van der Waals surface area contributed by atoms with Crippen LogP contribution in [0.3, 0.4) is 0 Å². The Bertz CT molecular complexity index is 481. The van der Waals surface area contributed by atoms with Crippen molar-refractivity contribution >= 4 is 11.6 Å². The molecule has 1 aliphatic rings. The zero-order valence-corrected chi connectivity index (χ0v) is 10.3. The smallest absolute Gasteiger partial charge is 0.272 e. The molecule has 1 aliphatic carbocycles. The van der Waals surface area contributed by atoms with Crippen LogP contribution in [0.4, 0.5) is 5.69 Å². The van der Waals surface area contributed by atoms with E-state index in [1.807, 2.05) is 0 Å². The maximum absolute atomic E-state index is 11.8. The van der Waals surface area contributed by atoms with Gasteiger partial charge in [0, 0.05) is 23.7 Å². The quantitative estimate of drug-likeness (QED) is 0.657. The van der Waals surface area contributed by atoms with Gasteiger partial charge in [-0.3, -0.25) is 14.9 Å². The molecule has 0 spiro atoms. The lowest BCUT2D eigenvalue weighted by Crippen LogP contribution is -2.32. The molecule has 1 saturated carbocycles. The van der Waals surface area contributed by atoms with E-state index in [1.165, 1.54) is 31.4 Å². The maximum Gasteiger partial charge on any atom is 0.272 e. The molecule has 0 aromatic heterocycles. The standard InChI is InChI=1S/C13H16N2O3/c1-9-7-11(5-6-12(9)15(17)18)13(16)14-8-10-3-2-4-10/h5-7,10H,2-4,8H2,1H3,(H,14,16). The lowest BCUT2D eigenvalue weighted by molar-refractivity contribution is -0.385. The molecule has 1 fully saturated rings. The first kappa shape index (κ1) is 12.5. The third kappa shape index (κ3) is 2.67. The highest BCUT2D eigenvalue weighted by Gasteiger charge is 2.19. The summed E-state index contributed by atoms with van der Waals surface area (Å²) in [6.07, 6.45) is 3.61. The van der Waals surface area contributed by atoms with Crippen molar-refractivity contribution in [1.82, 2.24) is 5.32 Å². The largest absolute Gasteiger partial charge is 0.352 e. The van der Waals surface area contributed by atoms with Gasteiger partial charge < -0.3 is 5.32 Å². The topological polar surface area (TPSA) is 72.2 Å². The molecule has 0 heterocycles. The molecular formula is C13H16N2O3. The van der Waals surface area contributed by atoms with Crippen LogP contribution in [-0.2, 0) is 0 Å². The number of hydrogen-bond donors (Lipinski definition) is 1. The van der Waals surface area contributed by atoms with Crippen LogP contribution in [0.5, 0.6) is 0 Å². The van der Waals surface area contributed by atoms with Crippen LogP contribution >= 0.6 is 0 Å². The van der Waals surface area contributed by atoms with Gasteiger partial charge >= 0.3 is 0 Å². The summed E-state index contributed by atoms with van der Waals surface area (Å²) in [6, 6.07) is 4.45. The fourth-order valence-electron chi connectivity index (χ4n) is 2.04. The fourth-order valence-corrected chi connectivity index (χ4v) is 2.04. The van der Waals surface area contributed by atoms with E-state index in [9.17, 15) is 14.9 Å². The molecule has 1 amide bonds. The number of nitrogens with zero attached hydrogens (tertiary/aromatic N) is 1. The number of benzene rings is 1. The van der Waals surface area contributed by atoms with Crippen LogP contribution in [-0.4, -0.2) is 17.4 Å². The normalized spacial score (nSPS) is 14.9. The molecule has 0 atom stereocenters. The first-order valence-corrected chi connectivity index (χ1v) is 6.11. The zero-order valence-electron chi connectivity index (χ0n) is 10.3. The number of nitrogens with one attached hydrogen (secondary N) is 1. The molecule has 2 rings (SSSR count). The van der Waals surface area contributed by atoms with Gasteiger partial charge in [0.1, 0.15) is 0 Å². The van der Waals surface area contributed by atoms with E-state index < -0.39 is 4.92 Å². The Kier molecular flexibility index (Phi) is 3.60. The molecule has 18 heavy (non-hydrogen) atoms. The monoisotopic (exact) mass is 248 g/mol. The number of carbonyl (C=O) groups is 1. The summed E-state index contributed by atoms with van der Waals surface area (Å²) in [7, 11) is 0. The molecule has 0 aliphatic heterocycles. The van der Waals surface area contributed by atoms with Crippen LogP contribution in [0.1, 0.15) is 35.2 Å². The summed E-state index contributed by atoms with van der Waals surface area (Å²) in [5.74, 6) is 0.452. The van der Waals surface area contributed by atoms with Gasteiger partial charge in [0.2, 0.25) is 0 Å². The van der Waals surface area contributed by atoms with Crippen molar-refractivity contribution in [3.05, 3.63) is 39.4 Å². The second-order valence-corrected chi connectivity index (χ2v) is 4.77. The Labute approximate surface area is 105 Å². The van der Waals surface area contributed by atoms with Gasteiger partial charge in [-0.1, -0.05) is 6.42 Å². The summed E-state index contributed by atoms with van der Waals surface area (Å²) >= 11 is 0. The minimum Gasteiger partial charge on any atom is -0.352 e. The number of aryl methyl sites for hydroxylation is 1. The van der Waals surface area contributed by atoms with Crippen molar-refractivity contribution in [2.24, 2.45) is 5.92 Å². The predicted octanol–water partition coefficient (Wildman–Crippen LogP) is 2.43. The van der Waals surface area contributed by atoms with E-state index in [-0.39, 0.29) is 11.6 Å². The SMILES string of the molecule is Cc1cc(C(=O)NCC2CCC2)ccc1[N+](=O)[O-]. The minimum absolute atomic E-state index is 0.0468. The summed E-state index contributed by atoms with van der Waals surface area (Å²) < 4.78 is 0. The number of nitro benzene ring substituents is 1. The van der Waals surface area contributed by atoms with E-state index >= 15 is 0 Å². The van der Waals surface area contributed by atoms with Gasteiger partial charge in [-0.15, -0.1) is 0 Å². The third-order valence-corrected chi connectivity index (χ3v) is 3.43. The summed E-state index contributed by atoms with van der Waals surface area (Å²) in [5.41, 5.74) is 1.04. The van der Waals surface area contributed by atoms with Crippen LogP contribution in [0, 0.1) is 23.0 Å². The summed E-state index contributed by atoms with van der Waals surface area (Å²) in [4.78, 5) is 22.1. The molecule has 1 aromatic rings. The van der Waals surface area contributed by atoms with Crippen molar-refractivity contribution in [2.75, 3.05) is 6.54 Å². The summed E-state index contributed by atoms with van der Waals surface area (Å²) in [6.45, 7) is 2.34. The van der Waals surface area contributed by atoms with Gasteiger partial charge in [0.15, 0.2) is 0 Å². The molecular weight excluding hydrogens is 232 g/mol. The zero-order chi connectivity index (χ0) is 13.1. The lowest BCUT2D eigenvalue weighted by Gasteiger charge is -2.25.